The molecule has 0 saturated heterocycles. The number of hydrogen-bond donors (Lipinski definition) is 1. The van der Waals surface area contributed by atoms with Gasteiger partial charge in [-0.3, -0.25) is 0 Å². The average molecular weight is 415 g/mol. The molecule has 2 rings (SSSR count). The van der Waals surface area contributed by atoms with Gasteiger partial charge in [-0.15, -0.1) is 0 Å². The van der Waals surface area contributed by atoms with Crippen molar-refractivity contribution in [1.82, 2.24) is 4.72 Å². The van der Waals surface area contributed by atoms with E-state index >= 15 is 0 Å². The molecule has 0 amide bonds. The van der Waals surface area contributed by atoms with Gasteiger partial charge in [0.2, 0.25) is 10.0 Å². The fourth-order valence-electron chi connectivity index (χ4n) is 2.88. The van der Waals surface area contributed by atoms with Crippen LogP contribution in [0.1, 0.15) is 33.1 Å². The molecule has 3 nitrogen and oxygen atoms in total. The molecule has 0 aliphatic heterocycles. The number of benzene rings is 1. The Kier molecular flexibility index (Phi) is 5.64. The molecule has 1 aliphatic carbocycles. The minimum absolute atomic E-state index is 0.0418. The summed E-state index contributed by atoms with van der Waals surface area (Å²) < 4.78 is 28.6. The molecule has 7 heteroatoms. The molecule has 3 atom stereocenters. The highest BCUT2D eigenvalue weighted by Crippen LogP contribution is 2.34. The second-order valence-electron chi connectivity index (χ2n) is 5.82. The van der Waals surface area contributed by atoms with Crippen LogP contribution < -0.4 is 4.72 Å². The van der Waals surface area contributed by atoms with Crippen LogP contribution in [0, 0.1) is 11.8 Å². The van der Waals surface area contributed by atoms with Gasteiger partial charge in [0.15, 0.2) is 0 Å². The van der Waals surface area contributed by atoms with E-state index in [0.29, 0.717) is 16.3 Å². The predicted octanol–water partition coefficient (Wildman–Crippen LogP) is 4.86. The van der Waals surface area contributed by atoms with Crippen LogP contribution in [-0.2, 0) is 10.0 Å². The third-order valence-corrected chi connectivity index (χ3v) is 6.84. The first-order valence-electron chi connectivity index (χ1n) is 6.87. The van der Waals surface area contributed by atoms with Crippen molar-refractivity contribution in [2.24, 2.45) is 11.8 Å². The minimum Gasteiger partial charge on any atom is -0.208 e. The number of halogens is 3. The maximum Gasteiger partial charge on any atom is 0.243 e. The zero-order valence-electron chi connectivity index (χ0n) is 11.9. The van der Waals surface area contributed by atoms with Crippen LogP contribution in [0.5, 0.6) is 0 Å². The molecule has 1 aromatic rings. The third kappa shape index (κ3) is 4.14. The van der Waals surface area contributed by atoms with Crippen LogP contribution in [0.3, 0.4) is 0 Å². The van der Waals surface area contributed by atoms with Gasteiger partial charge in [-0.1, -0.05) is 53.0 Å². The van der Waals surface area contributed by atoms with Gasteiger partial charge in [0.25, 0.3) is 0 Å². The number of hydrogen-bond acceptors (Lipinski definition) is 2. The molecule has 1 N–H and O–H groups in total. The van der Waals surface area contributed by atoms with E-state index in [-0.39, 0.29) is 21.0 Å². The summed E-state index contributed by atoms with van der Waals surface area (Å²) in [5.74, 6) is 0.942. The molecule has 118 valence electrons. The van der Waals surface area contributed by atoms with Gasteiger partial charge in [-0.25, -0.2) is 13.1 Å². The lowest BCUT2D eigenvalue weighted by molar-refractivity contribution is 0.249. The van der Waals surface area contributed by atoms with Crippen molar-refractivity contribution in [2.75, 3.05) is 0 Å². The Hall–Kier alpha value is 0.190. The third-order valence-electron chi connectivity index (χ3n) is 3.97. The molecular formula is C14H18BrCl2NO2S. The molecule has 0 bridgehead atoms. The fraction of sp³-hybridized carbons (Fsp3) is 0.571. The van der Waals surface area contributed by atoms with Gasteiger partial charge in [0.1, 0.15) is 4.90 Å². The van der Waals surface area contributed by atoms with E-state index < -0.39 is 10.0 Å². The molecule has 0 spiro atoms. The molecule has 1 aromatic carbocycles. The summed E-state index contributed by atoms with van der Waals surface area (Å²) in [5, 5.41) is 0.248. The summed E-state index contributed by atoms with van der Waals surface area (Å²) in [4.78, 5) is -0.0418. The van der Waals surface area contributed by atoms with Crippen LogP contribution in [0.25, 0.3) is 0 Å². The van der Waals surface area contributed by atoms with Crippen LogP contribution in [-0.4, -0.2) is 14.5 Å². The van der Waals surface area contributed by atoms with E-state index in [1.54, 1.807) is 0 Å². The van der Waals surface area contributed by atoms with Crippen LogP contribution in [0.2, 0.25) is 10.0 Å². The number of rotatable bonds is 3. The van der Waals surface area contributed by atoms with Crippen LogP contribution in [0.4, 0.5) is 0 Å². The first-order valence-corrected chi connectivity index (χ1v) is 9.91. The van der Waals surface area contributed by atoms with Crippen molar-refractivity contribution >= 4 is 49.2 Å². The lowest BCUT2D eigenvalue weighted by Gasteiger charge is -2.33. The standard InChI is InChI=1S/C14H18BrCl2NO2S/c1-8-3-4-13(9(2)5-8)18-21(19,20)14-11(16)6-10(15)7-12(14)17/h6-9,13,18H,3-5H2,1-2H3. The van der Waals surface area contributed by atoms with Gasteiger partial charge >= 0.3 is 0 Å². The van der Waals surface area contributed by atoms with Gasteiger partial charge in [0.05, 0.1) is 10.0 Å². The lowest BCUT2D eigenvalue weighted by atomic mass is 9.80. The number of sulfonamides is 1. The van der Waals surface area contributed by atoms with Gasteiger partial charge < -0.3 is 0 Å². The fourth-order valence-corrected chi connectivity index (χ4v) is 6.20. The summed E-state index contributed by atoms with van der Waals surface area (Å²) in [6.45, 7) is 4.28. The molecular weight excluding hydrogens is 397 g/mol. The second-order valence-corrected chi connectivity index (χ2v) is 9.20. The Bertz CT molecular complexity index is 613. The molecule has 0 radical (unpaired) electrons. The first-order chi connectivity index (χ1) is 9.70. The summed E-state index contributed by atoms with van der Waals surface area (Å²) in [6, 6.07) is 3.00. The van der Waals surface area contributed by atoms with E-state index in [2.05, 4.69) is 34.5 Å². The zero-order valence-corrected chi connectivity index (χ0v) is 15.8. The van der Waals surface area contributed by atoms with Crippen molar-refractivity contribution in [3.63, 3.8) is 0 Å². The normalized spacial score (nSPS) is 26.8. The summed E-state index contributed by atoms with van der Waals surface area (Å²) in [7, 11) is -3.72. The van der Waals surface area contributed by atoms with Crippen LogP contribution >= 0.6 is 39.1 Å². The topological polar surface area (TPSA) is 46.2 Å². The van der Waals surface area contributed by atoms with E-state index in [1.165, 1.54) is 12.1 Å². The summed E-state index contributed by atoms with van der Waals surface area (Å²) >= 11 is 15.4. The minimum atomic E-state index is -3.72. The molecule has 0 heterocycles. The van der Waals surface area contributed by atoms with Gasteiger partial charge in [-0.05, 0) is 43.2 Å². The van der Waals surface area contributed by atoms with Crippen molar-refractivity contribution < 1.29 is 8.42 Å². The van der Waals surface area contributed by atoms with E-state index in [0.717, 1.165) is 19.3 Å². The second kappa shape index (κ2) is 6.75. The molecule has 1 saturated carbocycles. The largest absolute Gasteiger partial charge is 0.243 e. The van der Waals surface area contributed by atoms with Crippen molar-refractivity contribution in [3.8, 4) is 0 Å². The van der Waals surface area contributed by atoms with Crippen molar-refractivity contribution in [3.05, 3.63) is 26.7 Å². The van der Waals surface area contributed by atoms with E-state index in [1.807, 2.05) is 0 Å². The molecule has 3 unspecified atom stereocenters. The Morgan fingerprint density at radius 3 is 2.29 bits per heavy atom. The molecule has 1 fully saturated rings. The average Bonchev–Trinajstić information content (AvgIpc) is 2.30. The monoisotopic (exact) mass is 413 g/mol. The molecule has 0 aromatic heterocycles. The van der Waals surface area contributed by atoms with Gasteiger partial charge in [0, 0.05) is 10.5 Å². The first kappa shape index (κ1) is 17.5. The Morgan fingerprint density at radius 2 is 1.76 bits per heavy atom. The zero-order chi connectivity index (χ0) is 15.8. The van der Waals surface area contributed by atoms with Crippen molar-refractivity contribution in [1.29, 1.82) is 0 Å². The van der Waals surface area contributed by atoms with Gasteiger partial charge in [-0.2, -0.15) is 0 Å². The number of nitrogens with one attached hydrogen (secondary N) is 1. The van der Waals surface area contributed by atoms with E-state index in [9.17, 15) is 8.42 Å². The summed E-state index contributed by atoms with van der Waals surface area (Å²) in [5.41, 5.74) is 0. The molecule has 21 heavy (non-hydrogen) atoms. The van der Waals surface area contributed by atoms with Crippen LogP contribution in [0.15, 0.2) is 21.5 Å². The highest BCUT2D eigenvalue weighted by molar-refractivity contribution is 9.10. The maximum atomic E-state index is 12.6. The van der Waals surface area contributed by atoms with Crippen molar-refractivity contribution in [2.45, 2.75) is 44.0 Å². The Balaban J connectivity index is 2.27. The SMILES string of the molecule is CC1CCC(NS(=O)(=O)c2c(Cl)cc(Br)cc2Cl)C(C)C1. The Labute approximate surface area is 144 Å². The quantitative estimate of drug-likeness (QED) is 0.767. The predicted molar refractivity (Wildman–Crippen MR) is 90.5 cm³/mol. The highest BCUT2D eigenvalue weighted by atomic mass is 79.9. The summed E-state index contributed by atoms with van der Waals surface area (Å²) in [6.07, 6.45) is 2.89. The highest BCUT2D eigenvalue weighted by Gasteiger charge is 2.31. The maximum absolute atomic E-state index is 12.6. The molecule has 1 aliphatic rings. The smallest absolute Gasteiger partial charge is 0.208 e. The lowest BCUT2D eigenvalue weighted by Crippen LogP contribution is -2.42. The van der Waals surface area contributed by atoms with E-state index in [4.69, 9.17) is 23.2 Å². The Morgan fingerprint density at radius 1 is 1.19 bits per heavy atom.